The molecule has 0 amide bonds. The fraction of sp³-hybridized carbons (Fsp3) is 0.500. The van der Waals surface area contributed by atoms with E-state index < -0.39 is 0 Å². The van der Waals surface area contributed by atoms with E-state index in [0.717, 1.165) is 30.7 Å². The normalized spacial score (nSPS) is 28.9. The zero-order valence-corrected chi connectivity index (χ0v) is 12.4. The number of aryl methyl sites for hydroxylation is 1. The minimum absolute atomic E-state index is 0.836. The van der Waals surface area contributed by atoms with Crippen molar-refractivity contribution >= 4 is 21.6 Å². The molecule has 2 aliphatic rings. The van der Waals surface area contributed by atoms with Crippen LogP contribution in [0.15, 0.2) is 34.8 Å². The van der Waals surface area contributed by atoms with E-state index >= 15 is 0 Å². The lowest BCUT2D eigenvalue weighted by atomic mass is 9.93. The Labute approximate surface area is 118 Å². The first kappa shape index (κ1) is 12.3. The van der Waals surface area contributed by atoms with E-state index in [1.165, 1.54) is 28.6 Å². The monoisotopic (exact) mass is 305 g/mol. The van der Waals surface area contributed by atoms with Crippen molar-refractivity contribution in [2.75, 3.05) is 11.9 Å². The molecule has 18 heavy (non-hydrogen) atoms. The smallest absolute Gasteiger partial charge is 0.0373 e. The van der Waals surface area contributed by atoms with Crippen LogP contribution < -0.4 is 5.32 Å². The molecule has 2 aliphatic carbocycles. The highest BCUT2D eigenvalue weighted by Gasteiger charge is 2.35. The van der Waals surface area contributed by atoms with Gasteiger partial charge in [-0.2, -0.15) is 0 Å². The van der Waals surface area contributed by atoms with Crippen molar-refractivity contribution < 1.29 is 0 Å². The van der Waals surface area contributed by atoms with E-state index in [1.807, 2.05) is 0 Å². The molecule has 1 N–H and O–H groups in total. The summed E-state index contributed by atoms with van der Waals surface area (Å²) >= 11 is 3.54. The van der Waals surface area contributed by atoms with Gasteiger partial charge in [0, 0.05) is 16.7 Å². The van der Waals surface area contributed by atoms with Gasteiger partial charge in [0.05, 0.1) is 0 Å². The lowest BCUT2D eigenvalue weighted by molar-refractivity contribution is 0.472. The molecule has 2 heteroatoms. The minimum atomic E-state index is 0.836. The molecule has 2 bridgehead atoms. The summed E-state index contributed by atoms with van der Waals surface area (Å²) in [6.45, 7) is 3.34. The number of nitrogens with one attached hydrogen (secondary N) is 1. The van der Waals surface area contributed by atoms with Crippen molar-refractivity contribution in [1.29, 1.82) is 0 Å². The third kappa shape index (κ3) is 2.35. The molecular weight excluding hydrogens is 286 g/mol. The van der Waals surface area contributed by atoms with Gasteiger partial charge in [-0.25, -0.2) is 0 Å². The Morgan fingerprint density at radius 3 is 2.83 bits per heavy atom. The van der Waals surface area contributed by atoms with Gasteiger partial charge >= 0.3 is 0 Å². The summed E-state index contributed by atoms with van der Waals surface area (Å²) in [7, 11) is 0. The topological polar surface area (TPSA) is 12.0 Å². The molecule has 0 spiro atoms. The molecule has 0 aliphatic heterocycles. The Kier molecular flexibility index (Phi) is 3.47. The fourth-order valence-electron chi connectivity index (χ4n) is 3.40. The van der Waals surface area contributed by atoms with Crippen molar-refractivity contribution in [2.24, 2.45) is 17.8 Å². The van der Waals surface area contributed by atoms with Gasteiger partial charge < -0.3 is 5.32 Å². The van der Waals surface area contributed by atoms with Crippen LogP contribution in [0, 0.1) is 17.8 Å². The SMILES string of the molecule is CCc1cc(Br)ccc1NCC1CC2C=CC1C2. The van der Waals surface area contributed by atoms with Crippen molar-refractivity contribution in [1.82, 2.24) is 0 Å². The molecule has 1 saturated carbocycles. The average Bonchev–Trinajstić information content (AvgIpc) is 2.99. The first-order chi connectivity index (χ1) is 8.76. The lowest BCUT2D eigenvalue weighted by Gasteiger charge is -2.20. The molecule has 3 rings (SSSR count). The lowest BCUT2D eigenvalue weighted by Crippen LogP contribution is -2.18. The predicted molar refractivity (Wildman–Crippen MR) is 80.9 cm³/mol. The molecule has 3 atom stereocenters. The molecule has 1 fully saturated rings. The van der Waals surface area contributed by atoms with Gasteiger partial charge in [0.1, 0.15) is 0 Å². The second kappa shape index (κ2) is 5.08. The largest absolute Gasteiger partial charge is 0.385 e. The van der Waals surface area contributed by atoms with E-state index in [4.69, 9.17) is 0 Å². The van der Waals surface area contributed by atoms with E-state index in [2.05, 4.69) is 58.5 Å². The zero-order chi connectivity index (χ0) is 12.5. The molecule has 96 valence electrons. The fourth-order valence-corrected chi connectivity index (χ4v) is 3.81. The van der Waals surface area contributed by atoms with E-state index in [1.54, 1.807) is 0 Å². The number of hydrogen-bond acceptors (Lipinski definition) is 1. The number of halogens is 1. The predicted octanol–water partition coefficient (Wildman–Crippen LogP) is 4.64. The van der Waals surface area contributed by atoms with Crippen molar-refractivity contribution in [2.45, 2.75) is 26.2 Å². The Hall–Kier alpha value is -0.760. The summed E-state index contributed by atoms with van der Waals surface area (Å²) in [4.78, 5) is 0. The third-order valence-electron chi connectivity index (χ3n) is 4.42. The quantitative estimate of drug-likeness (QED) is 0.799. The number of fused-ring (bicyclic) bond motifs is 2. The van der Waals surface area contributed by atoms with Crippen LogP contribution in [-0.4, -0.2) is 6.54 Å². The van der Waals surface area contributed by atoms with Gasteiger partial charge in [0.25, 0.3) is 0 Å². The van der Waals surface area contributed by atoms with Gasteiger partial charge in [-0.3, -0.25) is 0 Å². The number of hydrogen-bond donors (Lipinski definition) is 1. The third-order valence-corrected chi connectivity index (χ3v) is 4.91. The highest BCUT2D eigenvalue weighted by atomic mass is 79.9. The van der Waals surface area contributed by atoms with Gasteiger partial charge in [0.2, 0.25) is 0 Å². The van der Waals surface area contributed by atoms with Crippen LogP contribution in [0.2, 0.25) is 0 Å². The standard InChI is InChI=1S/C16H20BrN/c1-2-12-9-15(17)5-6-16(12)18-10-14-8-11-3-4-13(14)7-11/h3-6,9,11,13-14,18H,2,7-8,10H2,1H3. The molecule has 0 saturated heterocycles. The maximum atomic E-state index is 3.66. The maximum Gasteiger partial charge on any atom is 0.0373 e. The van der Waals surface area contributed by atoms with Crippen LogP contribution in [-0.2, 0) is 6.42 Å². The van der Waals surface area contributed by atoms with Crippen molar-refractivity contribution in [3.63, 3.8) is 0 Å². The van der Waals surface area contributed by atoms with E-state index in [-0.39, 0.29) is 0 Å². The first-order valence-electron chi connectivity index (χ1n) is 6.97. The molecule has 0 radical (unpaired) electrons. The number of benzene rings is 1. The van der Waals surface area contributed by atoms with Gasteiger partial charge in [-0.15, -0.1) is 0 Å². The van der Waals surface area contributed by atoms with Gasteiger partial charge in [-0.1, -0.05) is 35.0 Å². The van der Waals surface area contributed by atoms with E-state index in [9.17, 15) is 0 Å². The van der Waals surface area contributed by atoms with Crippen molar-refractivity contribution in [3.05, 3.63) is 40.4 Å². The Bertz CT molecular complexity index is 466. The zero-order valence-electron chi connectivity index (χ0n) is 10.8. The average molecular weight is 306 g/mol. The van der Waals surface area contributed by atoms with Crippen LogP contribution in [0.5, 0.6) is 0 Å². The van der Waals surface area contributed by atoms with Crippen LogP contribution >= 0.6 is 15.9 Å². The van der Waals surface area contributed by atoms with Crippen LogP contribution in [0.25, 0.3) is 0 Å². The summed E-state index contributed by atoms with van der Waals surface area (Å²) < 4.78 is 1.17. The Morgan fingerprint density at radius 2 is 2.17 bits per heavy atom. The first-order valence-corrected chi connectivity index (χ1v) is 7.76. The molecule has 1 aromatic rings. The number of rotatable bonds is 4. The van der Waals surface area contributed by atoms with Crippen LogP contribution in [0.3, 0.4) is 0 Å². The summed E-state index contributed by atoms with van der Waals surface area (Å²) in [5.74, 6) is 2.55. The number of anilines is 1. The number of allylic oxidation sites excluding steroid dienone is 2. The molecule has 1 aromatic carbocycles. The van der Waals surface area contributed by atoms with Crippen molar-refractivity contribution in [3.8, 4) is 0 Å². The Balaban J connectivity index is 1.65. The minimum Gasteiger partial charge on any atom is -0.385 e. The highest BCUT2D eigenvalue weighted by Crippen LogP contribution is 2.43. The summed E-state index contributed by atoms with van der Waals surface area (Å²) in [5, 5.41) is 3.66. The molecule has 3 unspecified atom stereocenters. The molecule has 0 aromatic heterocycles. The second-order valence-electron chi connectivity index (χ2n) is 5.58. The summed E-state index contributed by atoms with van der Waals surface area (Å²) in [6.07, 6.45) is 8.71. The summed E-state index contributed by atoms with van der Waals surface area (Å²) in [5.41, 5.74) is 2.72. The van der Waals surface area contributed by atoms with Gasteiger partial charge in [0.15, 0.2) is 0 Å². The molecule has 0 heterocycles. The second-order valence-corrected chi connectivity index (χ2v) is 6.49. The molecule has 1 nitrogen and oxygen atoms in total. The Morgan fingerprint density at radius 1 is 1.28 bits per heavy atom. The van der Waals surface area contributed by atoms with Crippen LogP contribution in [0.1, 0.15) is 25.3 Å². The maximum absolute atomic E-state index is 3.66. The van der Waals surface area contributed by atoms with E-state index in [0.29, 0.717) is 0 Å². The molecular formula is C16H20BrN. The van der Waals surface area contributed by atoms with Crippen LogP contribution in [0.4, 0.5) is 5.69 Å². The summed E-state index contributed by atoms with van der Waals surface area (Å²) in [6, 6.07) is 6.55. The van der Waals surface area contributed by atoms with Gasteiger partial charge in [-0.05, 0) is 60.8 Å². The highest BCUT2D eigenvalue weighted by molar-refractivity contribution is 9.10.